The van der Waals surface area contributed by atoms with Crippen LogP contribution in [0.3, 0.4) is 0 Å². The Balaban J connectivity index is 1.95. The van der Waals surface area contributed by atoms with Crippen molar-refractivity contribution in [3.63, 3.8) is 0 Å². The summed E-state index contributed by atoms with van der Waals surface area (Å²) < 4.78 is 0. The number of nitrogens with two attached hydrogens (primary N) is 1. The average Bonchev–Trinajstić information content (AvgIpc) is 2.53. The third kappa shape index (κ3) is 3.38. The highest BCUT2D eigenvalue weighted by Crippen LogP contribution is 2.11. The summed E-state index contributed by atoms with van der Waals surface area (Å²) in [5.74, 6) is 0.110. The van der Waals surface area contributed by atoms with Crippen molar-refractivity contribution in [3.8, 4) is 0 Å². The minimum atomic E-state index is -0.443. The third-order valence-corrected chi connectivity index (χ3v) is 3.40. The Morgan fingerprint density at radius 3 is 2.83 bits per heavy atom. The molecule has 0 amide bonds. The van der Waals surface area contributed by atoms with Gasteiger partial charge in [-0.05, 0) is 19.4 Å². The summed E-state index contributed by atoms with van der Waals surface area (Å²) in [6.07, 6.45) is 1.16. The number of benzene rings is 1. The SMILES string of the molecule is NC1CN(CC(=O)c2ccccc2)CCCC1O. The zero-order valence-corrected chi connectivity index (χ0v) is 10.5. The number of carbonyl (C=O) groups is 1. The summed E-state index contributed by atoms with van der Waals surface area (Å²) in [6, 6.07) is 9.03. The lowest BCUT2D eigenvalue weighted by Gasteiger charge is -2.22. The van der Waals surface area contributed by atoms with Crippen molar-refractivity contribution in [2.45, 2.75) is 25.0 Å². The standard InChI is InChI=1S/C14H20N2O2/c15-12-9-16(8-4-7-13(12)17)10-14(18)11-5-2-1-3-6-11/h1-3,5-6,12-13,17H,4,7-10,15H2. The van der Waals surface area contributed by atoms with Crippen LogP contribution >= 0.6 is 0 Å². The number of rotatable bonds is 3. The molecule has 0 bridgehead atoms. The molecule has 2 atom stereocenters. The molecule has 1 aromatic rings. The van der Waals surface area contributed by atoms with Crippen LogP contribution in [-0.4, -0.2) is 47.6 Å². The molecule has 0 aromatic heterocycles. The van der Waals surface area contributed by atoms with Crippen LogP contribution in [0.25, 0.3) is 0 Å². The molecule has 1 saturated heterocycles. The van der Waals surface area contributed by atoms with Crippen LogP contribution in [0.15, 0.2) is 30.3 Å². The molecule has 2 rings (SSSR count). The Bertz CT molecular complexity index is 394. The molecule has 98 valence electrons. The van der Waals surface area contributed by atoms with E-state index in [1.54, 1.807) is 0 Å². The molecule has 0 aliphatic carbocycles. The van der Waals surface area contributed by atoms with Gasteiger partial charge in [0.15, 0.2) is 5.78 Å². The summed E-state index contributed by atoms with van der Waals surface area (Å²) in [5.41, 5.74) is 6.61. The molecule has 1 heterocycles. The highest BCUT2D eigenvalue weighted by molar-refractivity contribution is 5.97. The van der Waals surface area contributed by atoms with Crippen molar-refractivity contribution in [2.24, 2.45) is 5.73 Å². The monoisotopic (exact) mass is 248 g/mol. The van der Waals surface area contributed by atoms with Crippen LogP contribution in [0.5, 0.6) is 0 Å². The minimum Gasteiger partial charge on any atom is -0.391 e. The molecule has 3 N–H and O–H groups in total. The van der Waals surface area contributed by atoms with Gasteiger partial charge < -0.3 is 10.8 Å². The number of aliphatic hydroxyl groups excluding tert-OH is 1. The Morgan fingerprint density at radius 2 is 2.11 bits per heavy atom. The van der Waals surface area contributed by atoms with Crippen LogP contribution in [0.2, 0.25) is 0 Å². The topological polar surface area (TPSA) is 66.6 Å². The quantitative estimate of drug-likeness (QED) is 0.771. The summed E-state index contributed by atoms with van der Waals surface area (Å²) >= 11 is 0. The third-order valence-electron chi connectivity index (χ3n) is 3.40. The average molecular weight is 248 g/mol. The first-order valence-electron chi connectivity index (χ1n) is 6.41. The van der Waals surface area contributed by atoms with Crippen LogP contribution in [0, 0.1) is 0 Å². The fourth-order valence-corrected chi connectivity index (χ4v) is 2.31. The van der Waals surface area contributed by atoms with Gasteiger partial charge in [0.2, 0.25) is 0 Å². The highest BCUT2D eigenvalue weighted by Gasteiger charge is 2.23. The van der Waals surface area contributed by atoms with Gasteiger partial charge in [-0.25, -0.2) is 0 Å². The minimum absolute atomic E-state index is 0.110. The highest BCUT2D eigenvalue weighted by atomic mass is 16.3. The molecule has 1 fully saturated rings. The predicted molar refractivity (Wildman–Crippen MR) is 70.4 cm³/mol. The zero-order chi connectivity index (χ0) is 13.0. The van der Waals surface area contributed by atoms with Crippen LogP contribution in [0.4, 0.5) is 0 Å². The first kappa shape index (κ1) is 13.2. The number of likely N-dealkylation sites (tertiary alicyclic amines) is 1. The normalized spacial score (nSPS) is 25.7. The van der Waals surface area contributed by atoms with E-state index in [9.17, 15) is 9.90 Å². The van der Waals surface area contributed by atoms with Gasteiger partial charge in [-0.15, -0.1) is 0 Å². The Kier molecular flexibility index (Phi) is 4.47. The summed E-state index contributed by atoms with van der Waals surface area (Å²) in [6.45, 7) is 1.79. The van der Waals surface area contributed by atoms with Crippen molar-refractivity contribution < 1.29 is 9.90 Å². The predicted octanol–water partition coefficient (Wildman–Crippen LogP) is 0.653. The number of hydrogen-bond donors (Lipinski definition) is 2. The zero-order valence-electron chi connectivity index (χ0n) is 10.5. The number of ketones is 1. The van der Waals surface area contributed by atoms with Gasteiger partial charge in [0.25, 0.3) is 0 Å². The fourth-order valence-electron chi connectivity index (χ4n) is 2.31. The van der Waals surface area contributed by atoms with Crippen molar-refractivity contribution in [1.29, 1.82) is 0 Å². The van der Waals surface area contributed by atoms with Gasteiger partial charge in [0.05, 0.1) is 12.6 Å². The number of aliphatic hydroxyl groups is 1. The Morgan fingerprint density at radius 1 is 1.39 bits per heavy atom. The molecular formula is C14H20N2O2. The summed E-state index contributed by atoms with van der Waals surface area (Å²) in [7, 11) is 0. The lowest BCUT2D eigenvalue weighted by Crippen LogP contribution is -2.44. The molecule has 0 spiro atoms. The number of carbonyl (C=O) groups excluding carboxylic acids is 1. The van der Waals surface area contributed by atoms with E-state index < -0.39 is 6.10 Å². The van der Waals surface area contributed by atoms with E-state index in [0.29, 0.717) is 13.1 Å². The molecule has 0 saturated carbocycles. The Labute approximate surface area is 107 Å². The second-order valence-electron chi connectivity index (χ2n) is 4.90. The molecular weight excluding hydrogens is 228 g/mol. The smallest absolute Gasteiger partial charge is 0.176 e. The van der Waals surface area contributed by atoms with E-state index >= 15 is 0 Å². The fraction of sp³-hybridized carbons (Fsp3) is 0.500. The molecule has 4 nitrogen and oxygen atoms in total. The lowest BCUT2D eigenvalue weighted by atomic mass is 10.1. The van der Waals surface area contributed by atoms with Crippen molar-refractivity contribution in [1.82, 2.24) is 4.90 Å². The van der Waals surface area contributed by atoms with Gasteiger partial charge >= 0.3 is 0 Å². The van der Waals surface area contributed by atoms with Crippen molar-refractivity contribution in [2.75, 3.05) is 19.6 Å². The van der Waals surface area contributed by atoms with Crippen LogP contribution < -0.4 is 5.73 Å². The molecule has 4 heteroatoms. The number of nitrogens with zero attached hydrogens (tertiary/aromatic N) is 1. The van der Waals surface area contributed by atoms with Gasteiger partial charge in [-0.3, -0.25) is 9.69 Å². The first-order chi connectivity index (χ1) is 8.66. The van der Waals surface area contributed by atoms with Gasteiger partial charge in [0, 0.05) is 18.2 Å². The largest absolute Gasteiger partial charge is 0.391 e. The second-order valence-corrected chi connectivity index (χ2v) is 4.90. The van der Waals surface area contributed by atoms with Crippen LogP contribution in [-0.2, 0) is 0 Å². The van der Waals surface area contributed by atoms with Crippen molar-refractivity contribution in [3.05, 3.63) is 35.9 Å². The van der Waals surface area contributed by atoms with E-state index in [0.717, 1.165) is 24.9 Å². The first-order valence-corrected chi connectivity index (χ1v) is 6.41. The van der Waals surface area contributed by atoms with Gasteiger partial charge in [0.1, 0.15) is 0 Å². The van der Waals surface area contributed by atoms with E-state index in [-0.39, 0.29) is 11.8 Å². The van der Waals surface area contributed by atoms with E-state index in [4.69, 9.17) is 5.73 Å². The van der Waals surface area contributed by atoms with E-state index in [2.05, 4.69) is 0 Å². The molecule has 18 heavy (non-hydrogen) atoms. The summed E-state index contributed by atoms with van der Waals surface area (Å²) in [5, 5.41) is 9.69. The maximum Gasteiger partial charge on any atom is 0.176 e. The molecule has 1 aromatic carbocycles. The van der Waals surface area contributed by atoms with E-state index in [1.807, 2.05) is 35.2 Å². The van der Waals surface area contributed by atoms with Gasteiger partial charge in [-0.1, -0.05) is 30.3 Å². The van der Waals surface area contributed by atoms with Crippen LogP contribution in [0.1, 0.15) is 23.2 Å². The summed E-state index contributed by atoms with van der Waals surface area (Å²) in [4.78, 5) is 14.1. The maximum atomic E-state index is 12.1. The molecule has 0 radical (unpaired) electrons. The Hall–Kier alpha value is -1.23. The molecule has 1 aliphatic heterocycles. The van der Waals surface area contributed by atoms with Crippen molar-refractivity contribution >= 4 is 5.78 Å². The van der Waals surface area contributed by atoms with E-state index in [1.165, 1.54) is 0 Å². The molecule has 1 aliphatic rings. The number of Topliss-reactive ketones (excluding diaryl/α,β-unsaturated/α-hetero) is 1. The molecule has 2 unspecified atom stereocenters. The van der Waals surface area contributed by atoms with Gasteiger partial charge in [-0.2, -0.15) is 0 Å². The second kappa shape index (κ2) is 6.09. The number of hydrogen-bond acceptors (Lipinski definition) is 4. The lowest BCUT2D eigenvalue weighted by molar-refractivity contribution is 0.0916. The maximum absolute atomic E-state index is 12.1.